The Kier molecular flexibility index (Phi) is 4.00. The van der Waals surface area contributed by atoms with Crippen LogP contribution in [-0.2, 0) is 12.0 Å². The van der Waals surface area contributed by atoms with Crippen molar-refractivity contribution in [2.24, 2.45) is 0 Å². The molecule has 2 aromatic heterocycles. The number of aromatic nitrogens is 3. The molecule has 132 valence electrons. The van der Waals surface area contributed by atoms with Gasteiger partial charge < -0.3 is 9.32 Å². The summed E-state index contributed by atoms with van der Waals surface area (Å²) < 4.78 is 5.88. The zero-order valence-electron chi connectivity index (χ0n) is 15.1. The van der Waals surface area contributed by atoms with Gasteiger partial charge in [0.1, 0.15) is 5.52 Å². The molecule has 3 aromatic rings. The zero-order valence-corrected chi connectivity index (χ0v) is 15.1. The lowest BCUT2D eigenvalue weighted by Gasteiger charge is -2.33. The van der Waals surface area contributed by atoms with Gasteiger partial charge in [0.2, 0.25) is 0 Å². The maximum atomic E-state index is 5.88. The summed E-state index contributed by atoms with van der Waals surface area (Å²) in [5, 5.41) is 7.64. The smallest absolute Gasteiger partial charge is 0.298 e. The number of benzene rings is 1. The van der Waals surface area contributed by atoms with Crippen molar-refractivity contribution in [1.29, 1.82) is 0 Å². The number of hydrogen-bond acceptors (Lipinski definition) is 5. The monoisotopic (exact) mass is 339 g/mol. The van der Waals surface area contributed by atoms with Crippen LogP contribution in [0.4, 0.5) is 6.01 Å². The van der Waals surface area contributed by atoms with E-state index in [1.165, 1.54) is 5.69 Å². The second-order valence-corrected chi connectivity index (χ2v) is 7.76. The summed E-state index contributed by atoms with van der Waals surface area (Å²) in [7, 11) is 0. The molecule has 1 aliphatic rings. The molecule has 0 unspecified atom stereocenters. The summed E-state index contributed by atoms with van der Waals surface area (Å²) in [6, 6.07) is 10.8. The van der Waals surface area contributed by atoms with Crippen LogP contribution in [0, 0.1) is 0 Å². The van der Waals surface area contributed by atoms with E-state index in [2.05, 4.69) is 51.8 Å². The highest BCUT2D eigenvalue weighted by atomic mass is 16.4. The molecule has 0 spiro atoms. The number of fused-ring (bicyclic) bond motifs is 1. The number of aromatic amines is 1. The van der Waals surface area contributed by atoms with Crippen molar-refractivity contribution in [3.63, 3.8) is 0 Å². The number of rotatable bonds is 3. The number of piperazine rings is 1. The first-order chi connectivity index (χ1) is 12.0. The van der Waals surface area contributed by atoms with Crippen LogP contribution in [0.1, 0.15) is 32.2 Å². The van der Waals surface area contributed by atoms with E-state index >= 15 is 0 Å². The van der Waals surface area contributed by atoms with Crippen LogP contribution < -0.4 is 4.90 Å². The molecule has 0 saturated carbocycles. The highest BCUT2D eigenvalue weighted by molar-refractivity contribution is 5.74. The van der Waals surface area contributed by atoms with Gasteiger partial charge in [-0.1, -0.05) is 32.9 Å². The Labute approximate surface area is 147 Å². The highest BCUT2D eigenvalue weighted by Gasteiger charge is 2.22. The van der Waals surface area contributed by atoms with Gasteiger partial charge in [-0.2, -0.15) is 10.1 Å². The Morgan fingerprint density at radius 1 is 1.12 bits per heavy atom. The van der Waals surface area contributed by atoms with Crippen molar-refractivity contribution in [1.82, 2.24) is 20.1 Å². The summed E-state index contributed by atoms with van der Waals surface area (Å²) >= 11 is 0. The SMILES string of the molecule is CC(C)(C)c1cc(CN2CCN(c3nc4ccccc4o3)CC2)[nH]n1. The lowest BCUT2D eigenvalue weighted by Crippen LogP contribution is -2.46. The number of hydrogen-bond donors (Lipinski definition) is 1. The molecule has 1 aliphatic heterocycles. The average molecular weight is 339 g/mol. The molecule has 0 atom stereocenters. The van der Waals surface area contributed by atoms with Crippen molar-refractivity contribution < 1.29 is 4.42 Å². The van der Waals surface area contributed by atoms with Crippen LogP contribution in [0.15, 0.2) is 34.7 Å². The molecule has 0 radical (unpaired) electrons. The predicted molar refractivity (Wildman–Crippen MR) is 98.8 cm³/mol. The Hall–Kier alpha value is -2.34. The Bertz CT molecular complexity index is 819. The van der Waals surface area contributed by atoms with Crippen LogP contribution in [0.2, 0.25) is 0 Å². The maximum Gasteiger partial charge on any atom is 0.298 e. The largest absolute Gasteiger partial charge is 0.423 e. The molecule has 0 aliphatic carbocycles. The molecule has 3 heterocycles. The van der Waals surface area contributed by atoms with E-state index in [1.807, 2.05) is 24.3 Å². The summed E-state index contributed by atoms with van der Waals surface area (Å²) in [4.78, 5) is 9.27. The first-order valence-electron chi connectivity index (χ1n) is 8.87. The number of nitrogens with zero attached hydrogens (tertiary/aromatic N) is 4. The molecule has 0 bridgehead atoms. The van der Waals surface area contributed by atoms with Gasteiger partial charge in [-0.3, -0.25) is 10.00 Å². The quantitative estimate of drug-likeness (QED) is 0.794. The summed E-state index contributed by atoms with van der Waals surface area (Å²) in [5.41, 5.74) is 4.16. The minimum atomic E-state index is 0.0837. The Morgan fingerprint density at radius 3 is 2.56 bits per heavy atom. The van der Waals surface area contributed by atoms with Crippen molar-refractivity contribution in [3.05, 3.63) is 41.7 Å². The van der Waals surface area contributed by atoms with Crippen molar-refractivity contribution in [2.75, 3.05) is 31.1 Å². The molecule has 1 saturated heterocycles. The van der Waals surface area contributed by atoms with E-state index in [4.69, 9.17) is 4.42 Å². The van der Waals surface area contributed by atoms with Crippen molar-refractivity contribution in [2.45, 2.75) is 32.7 Å². The zero-order chi connectivity index (χ0) is 17.4. The van der Waals surface area contributed by atoms with Gasteiger partial charge in [-0.15, -0.1) is 0 Å². The fraction of sp³-hybridized carbons (Fsp3) is 0.474. The third kappa shape index (κ3) is 3.39. The fourth-order valence-electron chi connectivity index (χ4n) is 3.16. The number of para-hydroxylation sites is 2. The van der Waals surface area contributed by atoms with E-state index in [1.54, 1.807) is 0 Å². The molecule has 1 N–H and O–H groups in total. The molecule has 1 aromatic carbocycles. The third-order valence-electron chi connectivity index (χ3n) is 4.72. The van der Waals surface area contributed by atoms with Gasteiger partial charge in [0.25, 0.3) is 6.01 Å². The number of oxazole rings is 1. The topological polar surface area (TPSA) is 61.2 Å². The first kappa shape index (κ1) is 16.1. The number of anilines is 1. The van der Waals surface area contributed by atoms with Gasteiger partial charge in [0.15, 0.2) is 5.58 Å². The van der Waals surface area contributed by atoms with Crippen LogP contribution in [0.5, 0.6) is 0 Å². The lowest BCUT2D eigenvalue weighted by atomic mass is 9.92. The normalized spacial score (nSPS) is 16.7. The number of nitrogens with one attached hydrogen (secondary N) is 1. The van der Waals surface area contributed by atoms with E-state index in [9.17, 15) is 0 Å². The molecular formula is C19H25N5O. The fourth-order valence-corrected chi connectivity index (χ4v) is 3.16. The molecule has 6 nitrogen and oxygen atoms in total. The van der Waals surface area contributed by atoms with Crippen molar-refractivity contribution >= 4 is 17.1 Å². The first-order valence-corrected chi connectivity index (χ1v) is 8.87. The van der Waals surface area contributed by atoms with Crippen LogP contribution >= 0.6 is 0 Å². The predicted octanol–water partition coefficient (Wildman–Crippen LogP) is 3.17. The van der Waals surface area contributed by atoms with Gasteiger partial charge in [-0.05, 0) is 18.2 Å². The van der Waals surface area contributed by atoms with E-state index < -0.39 is 0 Å². The molecule has 4 rings (SSSR count). The summed E-state index contributed by atoms with van der Waals surface area (Å²) in [6.07, 6.45) is 0. The third-order valence-corrected chi connectivity index (χ3v) is 4.72. The van der Waals surface area contributed by atoms with Crippen LogP contribution in [-0.4, -0.2) is 46.3 Å². The van der Waals surface area contributed by atoms with Crippen LogP contribution in [0.3, 0.4) is 0 Å². The Morgan fingerprint density at radius 2 is 1.88 bits per heavy atom. The number of H-pyrrole nitrogens is 1. The van der Waals surface area contributed by atoms with Crippen molar-refractivity contribution in [3.8, 4) is 0 Å². The molecule has 6 heteroatoms. The second-order valence-electron chi connectivity index (χ2n) is 7.76. The second kappa shape index (κ2) is 6.19. The van der Waals surface area contributed by atoms with Crippen LogP contribution in [0.25, 0.3) is 11.1 Å². The molecule has 25 heavy (non-hydrogen) atoms. The van der Waals surface area contributed by atoms with Gasteiger partial charge in [-0.25, -0.2) is 0 Å². The Balaban J connectivity index is 1.37. The average Bonchev–Trinajstić information content (AvgIpc) is 3.21. The van der Waals surface area contributed by atoms with Gasteiger partial charge >= 0.3 is 0 Å². The summed E-state index contributed by atoms with van der Waals surface area (Å²) in [6.45, 7) is 11.3. The van der Waals surface area contributed by atoms with Gasteiger partial charge in [0.05, 0.1) is 5.69 Å². The minimum Gasteiger partial charge on any atom is -0.423 e. The highest BCUT2D eigenvalue weighted by Crippen LogP contribution is 2.23. The van der Waals surface area contributed by atoms with Gasteiger partial charge in [0, 0.05) is 43.8 Å². The standard InChI is InChI=1S/C19H25N5O/c1-19(2,3)17-12-14(21-22-17)13-23-8-10-24(11-9-23)18-20-15-6-4-5-7-16(15)25-18/h4-7,12H,8-11,13H2,1-3H3,(H,21,22). The minimum absolute atomic E-state index is 0.0837. The molecular weight excluding hydrogens is 314 g/mol. The molecule has 0 amide bonds. The van der Waals surface area contributed by atoms with E-state index in [0.29, 0.717) is 0 Å². The van der Waals surface area contributed by atoms with E-state index in [0.717, 1.165) is 55.5 Å². The maximum absolute atomic E-state index is 5.88. The summed E-state index contributed by atoms with van der Waals surface area (Å²) in [5.74, 6) is 0. The molecule has 1 fully saturated rings. The lowest BCUT2D eigenvalue weighted by molar-refractivity contribution is 0.243. The van der Waals surface area contributed by atoms with E-state index in [-0.39, 0.29) is 5.41 Å².